The predicted molar refractivity (Wildman–Crippen MR) is 53.6 cm³/mol. The first-order valence-corrected chi connectivity index (χ1v) is 4.41. The number of rotatable bonds is 1. The minimum Gasteiger partial charge on any atom is -0.389 e. The summed E-state index contributed by atoms with van der Waals surface area (Å²) in [6, 6.07) is 8.10. The first kappa shape index (κ1) is 8.32. The fourth-order valence-electron chi connectivity index (χ4n) is 1.54. The molecule has 1 N–H and O–H groups in total. The average molecular weight is 175 g/mol. The number of hydrogen-bond acceptors (Lipinski definition) is 1. The van der Waals surface area contributed by atoms with Crippen LogP contribution in [0.4, 0.5) is 0 Å². The molecule has 0 radical (unpaired) electrons. The Bertz CT molecular complexity index is 429. The number of aliphatic hydroxyl groups is 1. The van der Waals surface area contributed by atoms with Gasteiger partial charge in [-0.25, -0.2) is 0 Å². The van der Waals surface area contributed by atoms with E-state index in [0.717, 1.165) is 5.56 Å². The topological polar surface area (TPSA) is 25.2 Å². The molecule has 2 rings (SSSR count). The summed E-state index contributed by atoms with van der Waals surface area (Å²) in [6.07, 6.45) is 1.63. The van der Waals surface area contributed by atoms with Crippen LogP contribution >= 0.6 is 0 Å². The molecule has 0 saturated carbocycles. The van der Waals surface area contributed by atoms with Crippen LogP contribution in [0.3, 0.4) is 0 Å². The molecule has 1 atom stereocenters. The number of aliphatic hydroxyl groups excluding tert-OH is 1. The monoisotopic (exact) mass is 175 g/mol. The summed E-state index contributed by atoms with van der Waals surface area (Å²) in [5, 5.41) is 10.6. The van der Waals surface area contributed by atoms with Crippen LogP contribution in [-0.4, -0.2) is 9.67 Å². The fourth-order valence-corrected chi connectivity index (χ4v) is 1.54. The lowest BCUT2D eigenvalue weighted by molar-refractivity contribution is 0.199. The molecule has 2 nitrogen and oxygen atoms in total. The third kappa shape index (κ3) is 1.33. The fraction of sp³-hybridized carbons (Fsp3) is 0.273. The van der Waals surface area contributed by atoms with Crippen LogP contribution in [0.5, 0.6) is 0 Å². The molecule has 1 aromatic heterocycles. The Morgan fingerprint density at radius 3 is 2.77 bits per heavy atom. The molecule has 0 fully saturated rings. The molecular weight excluding hydrogens is 162 g/mol. The maximum Gasteiger partial charge on any atom is 0.0762 e. The average Bonchev–Trinajstić information content (AvgIpc) is 2.47. The van der Waals surface area contributed by atoms with Gasteiger partial charge in [0.1, 0.15) is 0 Å². The zero-order chi connectivity index (χ0) is 9.42. The van der Waals surface area contributed by atoms with Crippen LogP contribution in [0, 0.1) is 0 Å². The largest absolute Gasteiger partial charge is 0.389 e. The molecule has 2 aromatic rings. The molecule has 0 unspecified atom stereocenters. The second-order valence-corrected chi connectivity index (χ2v) is 3.42. The van der Waals surface area contributed by atoms with Gasteiger partial charge in [-0.2, -0.15) is 0 Å². The van der Waals surface area contributed by atoms with Crippen LogP contribution in [0.25, 0.3) is 10.9 Å². The van der Waals surface area contributed by atoms with Crippen molar-refractivity contribution in [2.24, 2.45) is 7.05 Å². The van der Waals surface area contributed by atoms with E-state index in [1.165, 1.54) is 10.9 Å². The molecule has 1 aromatic carbocycles. The molecule has 0 aliphatic carbocycles. The highest BCUT2D eigenvalue weighted by atomic mass is 16.3. The van der Waals surface area contributed by atoms with Crippen molar-refractivity contribution in [2.75, 3.05) is 0 Å². The lowest BCUT2D eigenvalue weighted by atomic mass is 10.1. The summed E-state index contributed by atoms with van der Waals surface area (Å²) in [6.45, 7) is 1.78. The van der Waals surface area contributed by atoms with Crippen LogP contribution in [-0.2, 0) is 7.05 Å². The zero-order valence-electron chi connectivity index (χ0n) is 7.86. The minimum atomic E-state index is -0.390. The smallest absolute Gasteiger partial charge is 0.0762 e. The van der Waals surface area contributed by atoms with Gasteiger partial charge in [-0.05, 0) is 30.0 Å². The highest BCUT2D eigenvalue weighted by Gasteiger charge is 2.03. The van der Waals surface area contributed by atoms with Crippen molar-refractivity contribution < 1.29 is 5.11 Å². The van der Waals surface area contributed by atoms with Gasteiger partial charge in [-0.1, -0.05) is 12.1 Å². The van der Waals surface area contributed by atoms with Gasteiger partial charge < -0.3 is 9.67 Å². The zero-order valence-corrected chi connectivity index (χ0v) is 7.86. The number of benzene rings is 1. The third-order valence-corrected chi connectivity index (χ3v) is 2.39. The molecule has 0 aliphatic heterocycles. The van der Waals surface area contributed by atoms with Crippen molar-refractivity contribution in [3.8, 4) is 0 Å². The Labute approximate surface area is 77.4 Å². The summed E-state index contributed by atoms with van der Waals surface area (Å²) in [7, 11) is 2.01. The van der Waals surface area contributed by atoms with E-state index in [9.17, 15) is 5.11 Å². The SMILES string of the molecule is C[C@@H](O)c1ccc2ccn(C)c2c1. The Balaban J connectivity index is 2.66. The standard InChI is InChI=1S/C11H13NO/c1-8(13)10-4-3-9-5-6-12(2)11(9)7-10/h3-8,13H,1-2H3/t8-/m1/s1. The van der Waals surface area contributed by atoms with Crippen LogP contribution < -0.4 is 0 Å². The van der Waals surface area contributed by atoms with Gasteiger partial charge in [0.2, 0.25) is 0 Å². The number of aromatic nitrogens is 1. The van der Waals surface area contributed by atoms with Crippen molar-refractivity contribution in [1.82, 2.24) is 4.57 Å². The third-order valence-electron chi connectivity index (χ3n) is 2.39. The van der Waals surface area contributed by atoms with E-state index in [1.54, 1.807) is 6.92 Å². The van der Waals surface area contributed by atoms with Gasteiger partial charge in [-0.15, -0.1) is 0 Å². The molecule has 1 heterocycles. The first-order chi connectivity index (χ1) is 6.18. The maximum atomic E-state index is 9.40. The van der Waals surface area contributed by atoms with E-state index in [-0.39, 0.29) is 6.10 Å². The highest BCUT2D eigenvalue weighted by Crippen LogP contribution is 2.20. The number of nitrogens with zero attached hydrogens (tertiary/aromatic N) is 1. The molecule has 0 saturated heterocycles. The highest BCUT2D eigenvalue weighted by molar-refractivity contribution is 5.80. The molecule has 0 bridgehead atoms. The van der Waals surface area contributed by atoms with Gasteiger partial charge in [0, 0.05) is 18.8 Å². The summed E-state index contributed by atoms with van der Waals surface area (Å²) >= 11 is 0. The lowest BCUT2D eigenvalue weighted by Gasteiger charge is -2.05. The Kier molecular flexibility index (Phi) is 1.85. The van der Waals surface area contributed by atoms with Gasteiger partial charge in [0.05, 0.1) is 6.10 Å². The lowest BCUT2D eigenvalue weighted by Crippen LogP contribution is -1.91. The quantitative estimate of drug-likeness (QED) is 0.706. The van der Waals surface area contributed by atoms with Crippen molar-refractivity contribution in [1.29, 1.82) is 0 Å². The van der Waals surface area contributed by atoms with E-state index in [1.807, 2.05) is 31.4 Å². The van der Waals surface area contributed by atoms with Crippen LogP contribution in [0.1, 0.15) is 18.6 Å². The van der Waals surface area contributed by atoms with Gasteiger partial charge in [0.25, 0.3) is 0 Å². The van der Waals surface area contributed by atoms with Gasteiger partial charge >= 0.3 is 0 Å². The van der Waals surface area contributed by atoms with Crippen molar-refractivity contribution in [3.05, 3.63) is 36.0 Å². The van der Waals surface area contributed by atoms with E-state index in [2.05, 4.69) is 10.6 Å². The van der Waals surface area contributed by atoms with Crippen molar-refractivity contribution >= 4 is 10.9 Å². The van der Waals surface area contributed by atoms with Crippen molar-refractivity contribution in [2.45, 2.75) is 13.0 Å². The van der Waals surface area contributed by atoms with E-state index >= 15 is 0 Å². The Morgan fingerprint density at radius 1 is 1.31 bits per heavy atom. The minimum absolute atomic E-state index is 0.390. The predicted octanol–water partition coefficient (Wildman–Crippen LogP) is 2.23. The van der Waals surface area contributed by atoms with Crippen LogP contribution in [0.15, 0.2) is 30.5 Å². The van der Waals surface area contributed by atoms with Crippen LogP contribution in [0.2, 0.25) is 0 Å². The molecule has 2 heteroatoms. The maximum absolute atomic E-state index is 9.40. The molecular formula is C11H13NO. The van der Waals surface area contributed by atoms with Gasteiger partial charge in [0.15, 0.2) is 0 Å². The second-order valence-electron chi connectivity index (χ2n) is 3.42. The van der Waals surface area contributed by atoms with E-state index in [0.29, 0.717) is 0 Å². The summed E-state index contributed by atoms with van der Waals surface area (Å²) < 4.78 is 2.06. The second kappa shape index (κ2) is 2.89. The summed E-state index contributed by atoms with van der Waals surface area (Å²) in [4.78, 5) is 0. The number of hydrogen-bond donors (Lipinski definition) is 1. The summed E-state index contributed by atoms with van der Waals surface area (Å²) in [5.41, 5.74) is 2.13. The number of aryl methyl sites for hydroxylation is 1. The molecule has 68 valence electrons. The van der Waals surface area contributed by atoms with E-state index in [4.69, 9.17) is 0 Å². The normalized spacial score (nSPS) is 13.5. The molecule has 13 heavy (non-hydrogen) atoms. The molecule has 0 aliphatic rings. The Hall–Kier alpha value is -1.28. The first-order valence-electron chi connectivity index (χ1n) is 4.41. The van der Waals surface area contributed by atoms with E-state index < -0.39 is 0 Å². The summed E-state index contributed by atoms with van der Waals surface area (Å²) in [5.74, 6) is 0. The Morgan fingerprint density at radius 2 is 2.08 bits per heavy atom. The van der Waals surface area contributed by atoms with Crippen molar-refractivity contribution in [3.63, 3.8) is 0 Å². The van der Waals surface area contributed by atoms with Gasteiger partial charge in [-0.3, -0.25) is 0 Å². The number of fused-ring (bicyclic) bond motifs is 1. The molecule has 0 amide bonds. The molecule has 0 spiro atoms.